The second-order valence-corrected chi connectivity index (χ2v) is 3.52. The summed E-state index contributed by atoms with van der Waals surface area (Å²) in [5.74, 6) is 0. The first-order valence-corrected chi connectivity index (χ1v) is 4.73. The Hall–Kier alpha value is -1.51. The van der Waals surface area contributed by atoms with Gasteiger partial charge in [0.15, 0.2) is 0 Å². The van der Waals surface area contributed by atoms with E-state index in [0.717, 1.165) is 5.56 Å². The Bertz CT molecular complexity index is 332. The van der Waals surface area contributed by atoms with Crippen molar-refractivity contribution in [3.05, 3.63) is 35.4 Å². The molecule has 0 N–H and O–H groups in total. The molecule has 1 amide bonds. The van der Waals surface area contributed by atoms with Crippen LogP contribution in [0.3, 0.4) is 0 Å². The van der Waals surface area contributed by atoms with E-state index in [-0.39, 0.29) is 6.09 Å². The molecule has 1 fully saturated rings. The van der Waals surface area contributed by atoms with Crippen LogP contribution in [0.2, 0.25) is 0 Å². The summed E-state index contributed by atoms with van der Waals surface area (Å²) in [6.07, 6.45) is -0.203. The lowest BCUT2D eigenvalue weighted by atomic mass is 10.1. The first kappa shape index (κ1) is 9.06. The van der Waals surface area contributed by atoms with Crippen molar-refractivity contribution in [1.82, 2.24) is 4.90 Å². The van der Waals surface area contributed by atoms with Crippen molar-refractivity contribution >= 4 is 6.09 Å². The van der Waals surface area contributed by atoms with Gasteiger partial charge < -0.3 is 9.64 Å². The third kappa shape index (κ3) is 1.87. The largest absolute Gasteiger partial charge is 0.448 e. The number of hydrogen-bond donors (Lipinski definition) is 0. The molecule has 1 aromatic rings. The van der Waals surface area contributed by atoms with Crippen molar-refractivity contribution in [3.63, 3.8) is 0 Å². The molecular weight excluding hydrogens is 178 g/mol. The van der Waals surface area contributed by atoms with Crippen molar-refractivity contribution in [2.75, 3.05) is 13.2 Å². The quantitative estimate of drug-likeness (QED) is 0.715. The minimum atomic E-state index is -0.203. The van der Waals surface area contributed by atoms with Crippen LogP contribution < -0.4 is 0 Å². The zero-order valence-corrected chi connectivity index (χ0v) is 8.19. The standard InChI is InChI=1S/C11H13NO2/c1-9-2-4-10(5-3-9)8-12-6-7-14-11(12)13/h2-5H,6-8H2,1H3. The van der Waals surface area contributed by atoms with E-state index in [0.29, 0.717) is 19.7 Å². The van der Waals surface area contributed by atoms with Gasteiger partial charge in [-0.05, 0) is 12.5 Å². The van der Waals surface area contributed by atoms with Crippen LogP contribution in [0.25, 0.3) is 0 Å². The number of nitrogens with zero attached hydrogens (tertiary/aromatic N) is 1. The summed E-state index contributed by atoms with van der Waals surface area (Å²) in [7, 11) is 0. The molecule has 0 saturated carbocycles. The number of cyclic esters (lactones) is 1. The minimum absolute atomic E-state index is 0.203. The van der Waals surface area contributed by atoms with Gasteiger partial charge in [0.25, 0.3) is 0 Å². The fourth-order valence-corrected chi connectivity index (χ4v) is 1.48. The maximum atomic E-state index is 11.1. The van der Waals surface area contributed by atoms with Gasteiger partial charge in [-0.15, -0.1) is 0 Å². The number of amides is 1. The van der Waals surface area contributed by atoms with Crippen molar-refractivity contribution < 1.29 is 9.53 Å². The maximum absolute atomic E-state index is 11.1. The van der Waals surface area contributed by atoms with Crippen LogP contribution in [-0.2, 0) is 11.3 Å². The smallest absolute Gasteiger partial charge is 0.410 e. The topological polar surface area (TPSA) is 29.5 Å². The van der Waals surface area contributed by atoms with Gasteiger partial charge >= 0.3 is 6.09 Å². The number of benzene rings is 1. The van der Waals surface area contributed by atoms with Gasteiger partial charge in [0, 0.05) is 6.54 Å². The number of ether oxygens (including phenoxy) is 1. The summed E-state index contributed by atoms with van der Waals surface area (Å²) >= 11 is 0. The van der Waals surface area contributed by atoms with Gasteiger partial charge in [-0.25, -0.2) is 4.79 Å². The first-order valence-electron chi connectivity index (χ1n) is 4.73. The monoisotopic (exact) mass is 191 g/mol. The van der Waals surface area contributed by atoms with E-state index in [1.54, 1.807) is 4.90 Å². The van der Waals surface area contributed by atoms with Crippen molar-refractivity contribution in [1.29, 1.82) is 0 Å². The molecule has 1 saturated heterocycles. The first-order chi connectivity index (χ1) is 6.75. The van der Waals surface area contributed by atoms with E-state index < -0.39 is 0 Å². The number of carbonyl (C=O) groups excluding carboxylic acids is 1. The van der Waals surface area contributed by atoms with Gasteiger partial charge in [0.1, 0.15) is 6.61 Å². The summed E-state index contributed by atoms with van der Waals surface area (Å²) in [5, 5.41) is 0. The van der Waals surface area contributed by atoms with Gasteiger partial charge in [-0.3, -0.25) is 0 Å². The van der Waals surface area contributed by atoms with E-state index in [1.807, 2.05) is 19.1 Å². The van der Waals surface area contributed by atoms with E-state index in [4.69, 9.17) is 4.74 Å². The van der Waals surface area contributed by atoms with Crippen molar-refractivity contribution in [3.8, 4) is 0 Å². The predicted molar refractivity (Wildman–Crippen MR) is 52.9 cm³/mol. The molecule has 0 bridgehead atoms. The fraction of sp³-hybridized carbons (Fsp3) is 0.364. The number of rotatable bonds is 2. The zero-order chi connectivity index (χ0) is 9.97. The molecule has 1 aliphatic rings. The Morgan fingerprint density at radius 2 is 2.07 bits per heavy atom. The molecule has 1 aromatic carbocycles. The van der Waals surface area contributed by atoms with Gasteiger partial charge in [-0.2, -0.15) is 0 Å². The average Bonchev–Trinajstić information content (AvgIpc) is 2.56. The zero-order valence-electron chi connectivity index (χ0n) is 8.19. The lowest BCUT2D eigenvalue weighted by Gasteiger charge is -2.12. The fourth-order valence-electron chi connectivity index (χ4n) is 1.48. The molecule has 0 atom stereocenters. The average molecular weight is 191 g/mol. The van der Waals surface area contributed by atoms with Crippen LogP contribution in [0.4, 0.5) is 4.79 Å². The van der Waals surface area contributed by atoms with Gasteiger partial charge in [0.2, 0.25) is 0 Å². The molecule has 3 heteroatoms. The predicted octanol–water partition coefficient (Wildman–Crippen LogP) is 1.95. The Labute approximate surface area is 83.3 Å². The maximum Gasteiger partial charge on any atom is 0.410 e. The third-order valence-electron chi connectivity index (χ3n) is 2.34. The van der Waals surface area contributed by atoms with Gasteiger partial charge in [0.05, 0.1) is 6.54 Å². The SMILES string of the molecule is Cc1ccc(CN2CCOC2=O)cc1. The minimum Gasteiger partial charge on any atom is -0.448 e. The summed E-state index contributed by atoms with van der Waals surface area (Å²) in [6, 6.07) is 8.19. The molecular formula is C11H13NO2. The van der Waals surface area contributed by atoms with Crippen molar-refractivity contribution in [2.24, 2.45) is 0 Å². The van der Waals surface area contributed by atoms with Crippen LogP contribution in [-0.4, -0.2) is 24.1 Å². The lowest BCUT2D eigenvalue weighted by Crippen LogP contribution is -2.23. The normalized spacial score (nSPS) is 15.8. The molecule has 2 rings (SSSR count). The van der Waals surface area contributed by atoms with Crippen molar-refractivity contribution in [2.45, 2.75) is 13.5 Å². The second kappa shape index (κ2) is 3.70. The summed E-state index contributed by atoms with van der Waals surface area (Å²) in [4.78, 5) is 12.9. The Morgan fingerprint density at radius 1 is 1.36 bits per heavy atom. The van der Waals surface area contributed by atoms with E-state index >= 15 is 0 Å². The van der Waals surface area contributed by atoms with E-state index in [9.17, 15) is 4.79 Å². The van der Waals surface area contributed by atoms with Crippen LogP contribution in [0.5, 0.6) is 0 Å². The highest BCUT2D eigenvalue weighted by Gasteiger charge is 2.21. The molecule has 14 heavy (non-hydrogen) atoms. The Balaban J connectivity index is 2.03. The molecule has 1 heterocycles. The number of hydrogen-bond acceptors (Lipinski definition) is 2. The van der Waals surface area contributed by atoms with Crippen LogP contribution in [0.15, 0.2) is 24.3 Å². The molecule has 74 valence electrons. The molecule has 0 spiro atoms. The van der Waals surface area contributed by atoms with E-state index in [1.165, 1.54) is 5.56 Å². The van der Waals surface area contributed by atoms with E-state index in [2.05, 4.69) is 12.1 Å². The molecule has 0 aromatic heterocycles. The molecule has 3 nitrogen and oxygen atoms in total. The summed E-state index contributed by atoms with van der Waals surface area (Å²) in [5.41, 5.74) is 2.38. The highest BCUT2D eigenvalue weighted by atomic mass is 16.6. The number of aryl methyl sites for hydroxylation is 1. The van der Waals surface area contributed by atoms with Crippen LogP contribution in [0.1, 0.15) is 11.1 Å². The highest BCUT2D eigenvalue weighted by Crippen LogP contribution is 2.10. The summed E-state index contributed by atoms with van der Waals surface area (Å²) < 4.78 is 4.85. The molecule has 1 aliphatic heterocycles. The Morgan fingerprint density at radius 3 is 2.64 bits per heavy atom. The third-order valence-corrected chi connectivity index (χ3v) is 2.34. The van der Waals surface area contributed by atoms with Crippen LogP contribution in [0, 0.1) is 6.92 Å². The lowest BCUT2D eigenvalue weighted by molar-refractivity contribution is 0.157. The van der Waals surface area contributed by atoms with Gasteiger partial charge in [-0.1, -0.05) is 29.8 Å². The molecule has 0 unspecified atom stereocenters. The highest BCUT2D eigenvalue weighted by molar-refractivity contribution is 5.69. The molecule has 0 radical (unpaired) electrons. The van der Waals surface area contributed by atoms with Crippen LogP contribution >= 0.6 is 0 Å². The summed E-state index contributed by atoms with van der Waals surface area (Å²) in [6.45, 7) is 3.92. The molecule has 0 aliphatic carbocycles. The number of carbonyl (C=O) groups is 1. The second-order valence-electron chi connectivity index (χ2n) is 3.52. The Kier molecular flexibility index (Phi) is 2.39.